The monoisotopic (exact) mass is 881 g/mol. The number of aryl methyl sites for hydroxylation is 1. The summed E-state index contributed by atoms with van der Waals surface area (Å²) in [6.45, 7) is 10.9. The molecule has 292 valence electrons. The van der Waals surface area contributed by atoms with Crippen molar-refractivity contribution in [3.63, 3.8) is 0 Å². The third kappa shape index (κ3) is 7.15. The smallest absolute Gasteiger partial charge is 0.326 e. The Bertz CT molecular complexity index is 2120. The first-order valence-corrected chi connectivity index (χ1v) is 21.0. The number of thiazole rings is 1. The van der Waals surface area contributed by atoms with Crippen molar-refractivity contribution >= 4 is 63.0 Å². The number of likely N-dealkylation sites (tertiary alicyclic amines) is 1. The predicted molar refractivity (Wildman–Crippen MR) is 217 cm³/mol. The van der Waals surface area contributed by atoms with Crippen LogP contribution in [0, 0.1) is 5.41 Å². The Morgan fingerprint density at radius 2 is 2.05 bits per heavy atom. The molecule has 3 amide bonds. The maximum absolute atomic E-state index is 14.4. The van der Waals surface area contributed by atoms with Gasteiger partial charge < -0.3 is 29.0 Å². The molecule has 3 aromatic heterocycles. The summed E-state index contributed by atoms with van der Waals surface area (Å²) in [5, 5.41) is 8.50. The molecule has 13 nitrogen and oxygen atoms in total. The lowest BCUT2D eigenvalue weighted by molar-refractivity contribution is -0.162. The topological polar surface area (TPSA) is 131 Å². The molecule has 5 atom stereocenters. The highest BCUT2D eigenvalue weighted by Crippen LogP contribution is 2.42. The minimum atomic E-state index is -0.892. The van der Waals surface area contributed by atoms with Crippen molar-refractivity contribution in [3.8, 4) is 22.5 Å². The molecule has 4 aromatic rings. The molecule has 0 saturated carbocycles. The van der Waals surface area contributed by atoms with Gasteiger partial charge in [0.2, 0.25) is 0 Å². The van der Waals surface area contributed by atoms with E-state index >= 15 is 0 Å². The normalized spacial score (nSPS) is 24.9. The predicted octanol–water partition coefficient (Wildman–Crippen LogP) is 6.33. The van der Waals surface area contributed by atoms with E-state index in [1.807, 2.05) is 18.4 Å². The van der Waals surface area contributed by atoms with Crippen LogP contribution in [-0.2, 0) is 43.2 Å². The number of amides is 3. The quantitative estimate of drug-likeness (QED) is 0.139. The molecule has 6 bridgehead atoms. The number of rotatable bonds is 5. The lowest BCUT2D eigenvalue weighted by atomic mass is 9.84. The van der Waals surface area contributed by atoms with Gasteiger partial charge in [0.1, 0.15) is 12.1 Å². The average Bonchev–Trinajstić information content (AvgIpc) is 3.87. The van der Waals surface area contributed by atoms with E-state index in [2.05, 4.69) is 77.8 Å². The van der Waals surface area contributed by atoms with Gasteiger partial charge in [-0.3, -0.25) is 19.6 Å². The van der Waals surface area contributed by atoms with Gasteiger partial charge in [0, 0.05) is 95.1 Å². The molecule has 0 spiro atoms. The highest BCUT2D eigenvalue weighted by molar-refractivity contribution is 14.1. The van der Waals surface area contributed by atoms with Crippen molar-refractivity contribution in [2.75, 3.05) is 33.4 Å². The highest BCUT2D eigenvalue weighted by atomic mass is 127. The number of esters is 1. The summed E-state index contributed by atoms with van der Waals surface area (Å²) >= 11 is 3.53. The molecule has 4 aliphatic heterocycles. The van der Waals surface area contributed by atoms with Gasteiger partial charge in [-0.2, -0.15) is 0 Å². The number of benzene rings is 1. The molecule has 0 unspecified atom stereocenters. The summed E-state index contributed by atoms with van der Waals surface area (Å²) in [5.41, 5.74) is 6.47. The van der Waals surface area contributed by atoms with Gasteiger partial charge in [0.15, 0.2) is 0 Å². The highest BCUT2D eigenvalue weighted by Gasteiger charge is 2.47. The largest absolute Gasteiger partial charge is 0.464 e. The van der Waals surface area contributed by atoms with Crippen molar-refractivity contribution in [1.29, 1.82) is 0 Å². The van der Waals surface area contributed by atoms with E-state index in [9.17, 15) is 14.4 Å². The van der Waals surface area contributed by atoms with Gasteiger partial charge in [-0.25, -0.2) is 9.78 Å². The Morgan fingerprint density at radius 3 is 2.84 bits per heavy atom. The number of fused-ring (bicyclic) bond motifs is 7. The number of urea groups is 1. The SMILES string of the molecule is CCn1c(-c2cccnc2[C@H](C)OC)c2c3cc(ccc31)-c1csc(n1)C[C@H](NC(=O)N1C[C@@H]3OCC[C@@H]31)C(=O)N1CCC[C@@H](C(=O)OCC(C)(C)C2)N1I. The standard InChI is InChI=1S/C40H48IN7O6S/c1-6-45-30-12-11-24-17-26(30)27(36(45)25-9-7-14-42-35(25)23(2)52-5)19-40(3,4)22-54-38(50)32-10-8-15-47(48(32)41)37(49)28(18-34-43-29(24)21-55-34)44-39(51)46-20-33-31(46)13-16-53-33/h7,9,11-12,14,17,21,23,28,31-33H,6,8,10,13,15-16,18-20,22H2,1-5H3,(H,44,51)/t23-,28-,31-,32-,33-/m0/s1. The van der Waals surface area contributed by atoms with Gasteiger partial charge in [-0.15, -0.1) is 14.6 Å². The van der Waals surface area contributed by atoms with Crippen LogP contribution in [0.3, 0.4) is 0 Å². The lowest BCUT2D eigenvalue weighted by Gasteiger charge is -2.44. The Morgan fingerprint density at radius 1 is 1.22 bits per heavy atom. The van der Waals surface area contributed by atoms with Crippen molar-refractivity contribution < 1.29 is 28.6 Å². The van der Waals surface area contributed by atoms with Crippen LogP contribution < -0.4 is 5.32 Å². The Labute approximate surface area is 339 Å². The fraction of sp³-hybridized carbons (Fsp3) is 0.525. The molecule has 7 heterocycles. The number of cyclic esters (lactones) is 1. The number of nitrogens with zero attached hydrogens (tertiary/aromatic N) is 6. The van der Waals surface area contributed by atoms with E-state index in [-0.39, 0.29) is 49.2 Å². The van der Waals surface area contributed by atoms with Gasteiger partial charge in [-0.1, -0.05) is 19.9 Å². The number of halogens is 1. The van der Waals surface area contributed by atoms with Gasteiger partial charge >= 0.3 is 12.0 Å². The van der Waals surface area contributed by atoms with Crippen LogP contribution in [0.25, 0.3) is 33.4 Å². The number of ether oxygens (including phenoxy) is 3. The number of hydrogen-bond donors (Lipinski definition) is 1. The molecule has 15 heteroatoms. The van der Waals surface area contributed by atoms with Crippen LogP contribution in [0.4, 0.5) is 4.79 Å². The summed E-state index contributed by atoms with van der Waals surface area (Å²) in [6.07, 6.45) is 4.42. The minimum absolute atomic E-state index is 0.0243. The molecule has 4 aliphatic rings. The third-order valence-corrected chi connectivity index (χ3v) is 13.5. The van der Waals surface area contributed by atoms with Crippen molar-refractivity contribution in [1.82, 2.24) is 33.0 Å². The summed E-state index contributed by atoms with van der Waals surface area (Å²) in [6, 6.07) is 8.74. The fourth-order valence-electron chi connectivity index (χ4n) is 8.47. The van der Waals surface area contributed by atoms with Crippen LogP contribution in [0.1, 0.15) is 69.3 Å². The molecule has 55 heavy (non-hydrogen) atoms. The van der Waals surface area contributed by atoms with Crippen molar-refractivity contribution in [3.05, 3.63) is 58.2 Å². The molecule has 0 aliphatic carbocycles. The number of methoxy groups -OCH3 is 1. The number of aromatic nitrogens is 3. The first-order chi connectivity index (χ1) is 26.5. The second-order valence-electron chi connectivity index (χ2n) is 15.7. The van der Waals surface area contributed by atoms with E-state index in [4.69, 9.17) is 24.2 Å². The second kappa shape index (κ2) is 15.4. The van der Waals surface area contributed by atoms with E-state index in [0.717, 1.165) is 62.6 Å². The summed E-state index contributed by atoms with van der Waals surface area (Å²) in [7, 11) is 1.70. The van der Waals surface area contributed by atoms with Crippen LogP contribution in [-0.4, -0.2) is 103 Å². The number of nitrogens with one attached hydrogen (secondary N) is 1. The molecule has 1 aromatic carbocycles. The summed E-state index contributed by atoms with van der Waals surface area (Å²) in [5.74, 6) is -0.656. The Kier molecular flexibility index (Phi) is 10.7. The van der Waals surface area contributed by atoms with Crippen molar-refractivity contribution in [2.24, 2.45) is 5.41 Å². The third-order valence-electron chi connectivity index (χ3n) is 11.5. The van der Waals surface area contributed by atoms with Crippen LogP contribution in [0.15, 0.2) is 41.9 Å². The van der Waals surface area contributed by atoms with Crippen LogP contribution >= 0.6 is 34.2 Å². The summed E-state index contributed by atoms with van der Waals surface area (Å²) in [4.78, 5) is 53.6. The molecule has 3 saturated heterocycles. The fourth-order valence-corrected chi connectivity index (χ4v) is 10.3. The van der Waals surface area contributed by atoms with Crippen molar-refractivity contribution in [2.45, 2.75) is 96.7 Å². The zero-order valence-electron chi connectivity index (χ0n) is 31.9. The first kappa shape index (κ1) is 38.2. The van der Waals surface area contributed by atoms with E-state index < -0.39 is 17.5 Å². The van der Waals surface area contributed by atoms with E-state index in [0.29, 0.717) is 39.0 Å². The van der Waals surface area contributed by atoms with Gasteiger partial charge in [0.05, 0.1) is 53.5 Å². The molecular formula is C40H48IN7O6S. The molecule has 1 N–H and O–H groups in total. The molecule has 3 fully saturated rings. The summed E-state index contributed by atoms with van der Waals surface area (Å²) < 4.78 is 21.7. The Hall–Kier alpha value is -3.64. The number of carbonyl (C=O) groups is 3. The van der Waals surface area contributed by atoms with Gasteiger partial charge in [-0.05, 0) is 69.4 Å². The molecule has 8 rings (SSSR count). The van der Waals surface area contributed by atoms with Gasteiger partial charge in [0.25, 0.3) is 5.91 Å². The minimum Gasteiger partial charge on any atom is -0.464 e. The maximum atomic E-state index is 14.4. The number of hydrogen-bond acceptors (Lipinski definition) is 10. The zero-order valence-corrected chi connectivity index (χ0v) is 34.9. The number of carbonyl (C=O) groups excluding carboxylic acids is 3. The van der Waals surface area contributed by atoms with E-state index in [1.54, 1.807) is 26.4 Å². The van der Waals surface area contributed by atoms with E-state index in [1.165, 1.54) is 11.3 Å². The Balaban J connectivity index is 1.23. The molecular weight excluding hydrogens is 833 g/mol. The zero-order chi connectivity index (χ0) is 38.6. The average molecular weight is 882 g/mol. The van der Waals surface area contributed by atoms with Crippen LogP contribution in [0.2, 0.25) is 0 Å². The molecule has 0 radical (unpaired) electrons. The number of hydrazine groups is 1. The lowest BCUT2D eigenvalue weighted by Crippen LogP contribution is -2.65. The van der Waals surface area contributed by atoms with Crippen LogP contribution in [0.5, 0.6) is 0 Å². The second-order valence-corrected chi connectivity index (χ2v) is 17.7. The number of pyridine rings is 1. The maximum Gasteiger partial charge on any atom is 0.326 e. The first-order valence-electron chi connectivity index (χ1n) is 19.2.